The molecular formula is C15H22ClNO3. The van der Waals surface area contributed by atoms with Crippen LogP contribution in [0.1, 0.15) is 5.56 Å². The van der Waals surface area contributed by atoms with Gasteiger partial charge in [-0.05, 0) is 19.7 Å². The first-order chi connectivity index (χ1) is 9.63. The summed E-state index contributed by atoms with van der Waals surface area (Å²) >= 11 is 6.47. The molecule has 1 aromatic carbocycles. The Morgan fingerprint density at radius 1 is 1.25 bits per heavy atom. The Balaban J connectivity index is 1.84. The highest BCUT2D eigenvalue weighted by molar-refractivity contribution is 6.21. The van der Waals surface area contributed by atoms with Crippen LogP contribution in [0.4, 0.5) is 0 Å². The molecule has 0 aliphatic carbocycles. The molecule has 1 heterocycles. The standard InChI is InChI=1S/C15H22ClNO3/c1-17(2)14-13(16)12(20-15(14)18-3)10-19-9-11-7-5-4-6-8-11/h4-8,12-15H,9-10H2,1-3H3/t12-,13-,14+,15-/m1/s1. The van der Waals surface area contributed by atoms with Crippen molar-refractivity contribution in [1.82, 2.24) is 4.90 Å². The Hall–Kier alpha value is -0.650. The lowest BCUT2D eigenvalue weighted by Crippen LogP contribution is -2.42. The molecule has 5 heteroatoms. The largest absolute Gasteiger partial charge is 0.374 e. The van der Waals surface area contributed by atoms with E-state index in [9.17, 15) is 0 Å². The lowest BCUT2D eigenvalue weighted by atomic mass is 10.1. The second-order valence-electron chi connectivity index (χ2n) is 5.18. The topological polar surface area (TPSA) is 30.9 Å². The number of rotatable bonds is 6. The van der Waals surface area contributed by atoms with Crippen molar-refractivity contribution in [2.75, 3.05) is 27.8 Å². The van der Waals surface area contributed by atoms with Crippen LogP contribution in [0, 0.1) is 0 Å². The van der Waals surface area contributed by atoms with Crippen LogP contribution in [0.2, 0.25) is 0 Å². The third kappa shape index (κ3) is 3.71. The zero-order valence-corrected chi connectivity index (χ0v) is 12.9. The van der Waals surface area contributed by atoms with Gasteiger partial charge in [-0.3, -0.25) is 0 Å². The van der Waals surface area contributed by atoms with Gasteiger partial charge in [0.1, 0.15) is 6.10 Å². The monoisotopic (exact) mass is 299 g/mol. The molecule has 4 atom stereocenters. The number of alkyl halides is 1. The van der Waals surface area contributed by atoms with Crippen LogP contribution < -0.4 is 0 Å². The summed E-state index contributed by atoms with van der Waals surface area (Å²) in [6, 6.07) is 10.1. The van der Waals surface area contributed by atoms with Gasteiger partial charge in [0.25, 0.3) is 0 Å². The summed E-state index contributed by atoms with van der Waals surface area (Å²) < 4.78 is 16.9. The number of methoxy groups -OCH3 is 1. The fraction of sp³-hybridized carbons (Fsp3) is 0.600. The quantitative estimate of drug-likeness (QED) is 0.753. The summed E-state index contributed by atoms with van der Waals surface area (Å²) in [5.41, 5.74) is 1.14. The van der Waals surface area contributed by atoms with Gasteiger partial charge in [-0.15, -0.1) is 11.6 Å². The summed E-state index contributed by atoms with van der Waals surface area (Å²) in [7, 11) is 5.59. The molecule has 4 nitrogen and oxygen atoms in total. The second-order valence-corrected chi connectivity index (χ2v) is 5.68. The van der Waals surface area contributed by atoms with Crippen LogP contribution in [0.25, 0.3) is 0 Å². The lowest BCUT2D eigenvalue weighted by molar-refractivity contribution is -0.144. The van der Waals surface area contributed by atoms with Crippen LogP contribution in [-0.4, -0.2) is 56.5 Å². The van der Waals surface area contributed by atoms with Crippen LogP contribution >= 0.6 is 11.6 Å². The molecule has 112 valence electrons. The molecule has 1 aromatic rings. The number of halogens is 1. The molecule has 0 aromatic heterocycles. The van der Waals surface area contributed by atoms with Gasteiger partial charge in [-0.25, -0.2) is 0 Å². The molecule has 0 bridgehead atoms. The molecule has 0 unspecified atom stereocenters. The van der Waals surface area contributed by atoms with Crippen LogP contribution in [-0.2, 0) is 20.8 Å². The summed E-state index contributed by atoms with van der Waals surface area (Å²) in [6.45, 7) is 1.03. The van der Waals surface area contributed by atoms with Gasteiger partial charge < -0.3 is 19.1 Å². The predicted octanol–water partition coefficient (Wildman–Crippen LogP) is 2.11. The number of hydrogen-bond donors (Lipinski definition) is 0. The minimum absolute atomic E-state index is 0.0343. The van der Waals surface area contributed by atoms with Crippen molar-refractivity contribution >= 4 is 11.6 Å². The van der Waals surface area contributed by atoms with Crippen molar-refractivity contribution in [3.63, 3.8) is 0 Å². The van der Waals surface area contributed by atoms with E-state index < -0.39 is 0 Å². The second kappa shape index (κ2) is 7.38. The van der Waals surface area contributed by atoms with Gasteiger partial charge in [0.15, 0.2) is 6.29 Å². The highest BCUT2D eigenvalue weighted by atomic mass is 35.5. The van der Waals surface area contributed by atoms with E-state index in [0.29, 0.717) is 13.2 Å². The Labute approximate surface area is 125 Å². The molecule has 0 radical (unpaired) electrons. The van der Waals surface area contributed by atoms with Crippen molar-refractivity contribution in [1.29, 1.82) is 0 Å². The van der Waals surface area contributed by atoms with E-state index in [-0.39, 0.29) is 23.8 Å². The number of benzene rings is 1. The smallest absolute Gasteiger partial charge is 0.174 e. The molecule has 1 aliphatic rings. The number of nitrogens with zero attached hydrogens (tertiary/aromatic N) is 1. The maximum atomic E-state index is 6.47. The SMILES string of the molecule is CO[C@@H]1O[C@H](COCc2ccccc2)[C@@H](Cl)[C@@H]1N(C)C. The first-order valence-electron chi connectivity index (χ1n) is 6.74. The average Bonchev–Trinajstić information content (AvgIpc) is 2.77. The van der Waals surface area contributed by atoms with Gasteiger partial charge in [-0.1, -0.05) is 30.3 Å². The summed E-state index contributed by atoms with van der Waals surface area (Å²) in [6.07, 6.45) is -0.462. The first-order valence-corrected chi connectivity index (χ1v) is 7.17. The molecule has 1 saturated heterocycles. The summed E-state index contributed by atoms with van der Waals surface area (Å²) in [5.74, 6) is 0. The third-order valence-corrected chi connectivity index (χ3v) is 4.03. The lowest BCUT2D eigenvalue weighted by Gasteiger charge is -2.25. The van der Waals surface area contributed by atoms with E-state index in [1.165, 1.54) is 0 Å². The van der Waals surface area contributed by atoms with Gasteiger partial charge in [0.05, 0.1) is 24.6 Å². The van der Waals surface area contributed by atoms with Gasteiger partial charge >= 0.3 is 0 Å². The zero-order chi connectivity index (χ0) is 14.5. The highest BCUT2D eigenvalue weighted by Crippen LogP contribution is 2.29. The van der Waals surface area contributed by atoms with Crippen molar-refractivity contribution in [2.24, 2.45) is 0 Å². The molecule has 20 heavy (non-hydrogen) atoms. The molecule has 2 rings (SSSR count). The molecule has 0 spiro atoms. The molecular weight excluding hydrogens is 278 g/mol. The minimum Gasteiger partial charge on any atom is -0.374 e. The fourth-order valence-electron chi connectivity index (χ4n) is 2.42. The van der Waals surface area contributed by atoms with Crippen molar-refractivity contribution in [2.45, 2.75) is 30.4 Å². The highest BCUT2D eigenvalue weighted by Gasteiger charge is 2.45. The van der Waals surface area contributed by atoms with Crippen molar-refractivity contribution in [3.05, 3.63) is 35.9 Å². The first kappa shape index (κ1) is 15.7. The maximum absolute atomic E-state index is 6.47. The summed E-state index contributed by atoms with van der Waals surface area (Å²) in [4.78, 5) is 2.03. The van der Waals surface area contributed by atoms with E-state index in [1.54, 1.807) is 7.11 Å². The molecule has 0 amide bonds. The van der Waals surface area contributed by atoms with Crippen LogP contribution in [0.15, 0.2) is 30.3 Å². The van der Waals surface area contributed by atoms with E-state index in [1.807, 2.05) is 49.3 Å². The van der Waals surface area contributed by atoms with Gasteiger partial charge in [0.2, 0.25) is 0 Å². The van der Waals surface area contributed by atoms with E-state index >= 15 is 0 Å². The minimum atomic E-state index is -0.308. The number of hydrogen-bond acceptors (Lipinski definition) is 4. The Morgan fingerprint density at radius 3 is 2.50 bits per heavy atom. The van der Waals surface area contributed by atoms with E-state index in [4.69, 9.17) is 25.8 Å². The Kier molecular flexibility index (Phi) is 5.81. The van der Waals surface area contributed by atoms with E-state index in [2.05, 4.69) is 0 Å². The Bertz CT molecular complexity index is 401. The fourth-order valence-corrected chi connectivity index (χ4v) is 2.90. The molecule has 0 saturated carbocycles. The number of ether oxygens (including phenoxy) is 3. The average molecular weight is 300 g/mol. The summed E-state index contributed by atoms with van der Waals surface area (Å²) in [5, 5.41) is -0.147. The molecule has 1 aliphatic heterocycles. The Morgan fingerprint density at radius 2 is 1.95 bits per heavy atom. The van der Waals surface area contributed by atoms with Crippen molar-refractivity contribution < 1.29 is 14.2 Å². The van der Waals surface area contributed by atoms with Crippen LogP contribution in [0.3, 0.4) is 0 Å². The zero-order valence-electron chi connectivity index (χ0n) is 12.2. The van der Waals surface area contributed by atoms with Gasteiger partial charge in [0, 0.05) is 7.11 Å². The maximum Gasteiger partial charge on any atom is 0.174 e. The van der Waals surface area contributed by atoms with E-state index in [0.717, 1.165) is 5.56 Å². The third-order valence-electron chi connectivity index (χ3n) is 3.49. The predicted molar refractivity (Wildman–Crippen MR) is 78.9 cm³/mol. The van der Waals surface area contributed by atoms with Gasteiger partial charge in [-0.2, -0.15) is 0 Å². The normalized spacial score (nSPS) is 30.1. The molecule has 1 fully saturated rings. The molecule has 0 N–H and O–H groups in total. The van der Waals surface area contributed by atoms with Crippen molar-refractivity contribution in [3.8, 4) is 0 Å². The number of likely N-dealkylation sites (N-methyl/N-ethyl adjacent to an activating group) is 1. The van der Waals surface area contributed by atoms with Crippen LogP contribution in [0.5, 0.6) is 0 Å².